The summed E-state index contributed by atoms with van der Waals surface area (Å²) in [7, 11) is 3.22. The minimum Gasteiger partial charge on any atom is -0.497 e. The Morgan fingerprint density at radius 1 is 1.10 bits per heavy atom. The number of anilines is 1. The van der Waals surface area contributed by atoms with Crippen LogP contribution in [0.3, 0.4) is 0 Å². The quantitative estimate of drug-likeness (QED) is 0.890. The third-order valence-electron chi connectivity index (χ3n) is 3.08. The fourth-order valence-corrected chi connectivity index (χ4v) is 2.51. The number of nitriles is 1. The highest BCUT2D eigenvalue weighted by atomic mass is 79.9. The van der Waals surface area contributed by atoms with E-state index >= 15 is 0 Å². The van der Waals surface area contributed by atoms with E-state index in [0.29, 0.717) is 22.3 Å². The van der Waals surface area contributed by atoms with Gasteiger partial charge in [-0.15, -0.1) is 0 Å². The zero-order chi connectivity index (χ0) is 15.2. The molecule has 2 aromatic rings. The van der Waals surface area contributed by atoms with E-state index in [4.69, 9.17) is 9.47 Å². The van der Waals surface area contributed by atoms with E-state index in [1.807, 2.05) is 36.4 Å². The van der Waals surface area contributed by atoms with Gasteiger partial charge >= 0.3 is 0 Å². The van der Waals surface area contributed by atoms with E-state index in [-0.39, 0.29) is 0 Å². The van der Waals surface area contributed by atoms with Gasteiger partial charge in [-0.25, -0.2) is 0 Å². The van der Waals surface area contributed by atoms with Crippen LogP contribution in [-0.2, 0) is 6.54 Å². The average molecular weight is 347 g/mol. The third-order valence-corrected chi connectivity index (χ3v) is 3.87. The SMILES string of the molecule is COc1ccc(CNc2ccc(OC)c(Br)c2C#N)cc1. The summed E-state index contributed by atoms with van der Waals surface area (Å²) in [6.07, 6.45) is 0. The highest BCUT2D eigenvalue weighted by molar-refractivity contribution is 9.10. The van der Waals surface area contributed by atoms with Crippen LogP contribution in [0.4, 0.5) is 5.69 Å². The summed E-state index contributed by atoms with van der Waals surface area (Å²) in [6.45, 7) is 0.622. The summed E-state index contributed by atoms with van der Waals surface area (Å²) < 4.78 is 11.0. The van der Waals surface area contributed by atoms with Gasteiger partial charge in [0, 0.05) is 6.54 Å². The van der Waals surface area contributed by atoms with Gasteiger partial charge in [-0.1, -0.05) is 12.1 Å². The van der Waals surface area contributed by atoms with E-state index in [1.165, 1.54) is 0 Å². The number of benzene rings is 2. The second-order valence-electron chi connectivity index (χ2n) is 4.32. The molecular weight excluding hydrogens is 332 g/mol. The van der Waals surface area contributed by atoms with Crippen molar-refractivity contribution in [2.75, 3.05) is 19.5 Å². The van der Waals surface area contributed by atoms with Crippen LogP contribution in [0.1, 0.15) is 11.1 Å². The topological polar surface area (TPSA) is 54.3 Å². The standard InChI is InChI=1S/C16H15BrN2O2/c1-20-12-5-3-11(4-6-12)10-19-14-7-8-15(21-2)16(17)13(14)9-18/h3-8,19H,10H2,1-2H3. The zero-order valence-corrected chi connectivity index (χ0v) is 13.4. The maximum Gasteiger partial charge on any atom is 0.134 e. The Hall–Kier alpha value is -2.19. The molecule has 1 N–H and O–H groups in total. The highest BCUT2D eigenvalue weighted by Gasteiger charge is 2.11. The molecule has 2 aromatic carbocycles. The van der Waals surface area contributed by atoms with Crippen LogP contribution in [0.25, 0.3) is 0 Å². The molecule has 4 nitrogen and oxygen atoms in total. The molecule has 0 saturated carbocycles. The maximum atomic E-state index is 9.29. The lowest BCUT2D eigenvalue weighted by atomic mass is 10.1. The van der Waals surface area contributed by atoms with Crippen molar-refractivity contribution in [2.24, 2.45) is 0 Å². The predicted molar refractivity (Wildman–Crippen MR) is 85.7 cm³/mol. The number of nitrogens with one attached hydrogen (secondary N) is 1. The zero-order valence-electron chi connectivity index (χ0n) is 11.8. The number of rotatable bonds is 5. The number of hydrogen-bond acceptors (Lipinski definition) is 4. The molecule has 5 heteroatoms. The van der Waals surface area contributed by atoms with Gasteiger partial charge in [-0.05, 0) is 45.8 Å². The van der Waals surface area contributed by atoms with E-state index in [0.717, 1.165) is 17.0 Å². The van der Waals surface area contributed by atoms with E-state index in [9.17, 15) is 5.26 Å². The Labute approximate surface area is 132 Å². The molecule has 108 valence electrons. The number of ether oxygens (including phenoxy) is 2. The summed E-state index contributed by atoms with van der Waals surface area (Å²) in [4.78, 5) is 0. The van der Waals surface area contributed by atoms with Gasteiger partial charge < -0.3 is 14.8 Å². The molecule has 0 spiro atoms. The van der Waals surface area contributed by atoms with Gasteiger partial charge in [-0.3, -0.25) is 0 Å². The average Bonchev–Trinajstić information content (AvgIpc) is 2.53. The first-order chi connectivity index (χ1) is 10.2. The van der Waals surface area contributed by atoms with Crippen LogP contribution in [0, 0.1) is 11.3 Å². The van der Waals surface area contributed by atoms with Crippen LogP contribution in [0.5, 0.6) is 11.5 Å². The van der Waals surface area contributed by atoms with E-state index in [2.05, 4.69) is 27.3 Å². The molecule has 0 aromatic heterocycles. The maximum absolute atomic E-state index is 9.29. The van der Waals surface area contributed by atoms with Crippen molar-refractivity contribution in [1.82, 2.24) is 0 Å². The highest BCUT2D eigenvalue weighted by Crippen LogP contribution is 2.33. The Bertz CT molecular complexity index is 663. The summed E-state index contributed by atoms with van der Waals surface area (Å²) in [5.41, 5.74) is 2.40. The van der Waals surface area contributed by atoms with Gasteiger partial charge in [0.2, 0.25) is 0 Å². The summed E-state index contributed by atoms with van der Waals surface area (Å²) in [6, 6.07) is 13.6. The molecule has 2 rings (SSSR count). The second-order valence-corrected chi connectivity index (χ2v) is 5.11. The lowest BCUT2D eigenvalue weighted by Crippen LogP contribution is -2.02. The lowest BCUT2D eigenvalue weighted by molar-refractivity contribution is 0.412. The van der Waals surface area contributed by atoms with Crippen molar-refractivity contribution in [3.05, 3.63) is 52.0 Å². The fourth-order valence-electron chi connectivity index (χ4n) is 1.91. The van der Waals surface area contributed by atoms with Gasteiger partial charge in [0.25, 0.3) is 0 Å². The molecule has 0 unspecified atom stereocenters. The second kappa shape index (κ2) is 7.00. The van der Waals surface area contributed by atoms with Crippen LogP contribution in [0.15, 0.2) is 40.9 Å². The third kappa shape index (κ3) is 3.47. The van der Waals surface area contributed by atoms with Crippen molar-refractivity contribution >= 4 is 21.6 Å². The molecule has 0 aliphatic rings. The molecular formula is C16H15BrN2O2. The van der Waals surface area contributed by atoms with Gasteiger partial charge in [0.15, 0.2) is 0 Å². The lowest BCUT2D eigenvalue weighted by Gasteiger charge is -2.12. The smallest absolute Gasteiger partial charge is 0.134 e. The molecule has 0 saturated heterocycles. The molecule has 0 radical (unpaired) electrons. The first-order valence-electron chi connectivity index (χ1n) is 6.33. The first-order valence-corrected chi connectivity index (χ1v) is 7.12. The van der Waals surface area contributed by atoms with Crippen LogP contribution in [-0.4, -0.2) is 14.2 Å². The Kier molecular flexibility index (Phi) is 5.07. The van der Waals surface area contributed by atoms with Crippen molar-refractivity contribution in [2.45, 2.75) is 6.54 Å². The molecule has 0 aliphatic heterocycles. The van der Waals surface area contributed by atoms with Crippen molar-refractivity contribution in [3.8, 4) is 17.6 Å². The first kappa shape index (κ1) is 15.2. The Morgan fingerprint density at radius 3 is 2.38 bits per heavy atom. The number of nitrogens with zero attached hydrogens (tertiary/aromatic N) is 1. The summed E-state index contributed by atoms with van der Waals surface area (Å²) >= 11 is 3.39. The minimum absolute atomic E-state index is 0.530. The monoisotopic (exact) mass is 346 g/mol. The number of halogens is 1. The molecule has 0 bridgehead atoms. The van der Waals surface area contributed by atoms with E-state index < -0.39 is 0 Å². The summed E-state index contributed by atoms with van der Waals surface area (Å²) in [5, 5.41) is 12.6. The summed E-state index contributed by atoms with van der Waals surface area (Å²) in [5.74, 6) is 1.46. The molecule has 0 heterocycles. The van der Waals surface area contributed by atoms with Gasteiger partial charge in [-0.2, -0.15) is 5.26 Å². The number of hydrogen-bond donors (Lipinski definition) is 1. The Morgan fingerprint density at radius 2 is 1.81 bits per heavy atom. The van der Waals surface area contributed by atoms with Crippen molar-refractivity contribution in [1.29, 1.82) is 5.26 Å². The van der Waals surface area contributed by atoms with Crippen molar-refractivity contribution < 1.29 is 9.47 Å². The largest absolute Gasteiger partial charge is 0.497 e. The van der Waals surface area contributed by atoms with Crippen LogP contribution >= 0.6 is 15.9 Å². The van der Waals surface area contributed by atoms with E-state index in [1.54, 1.807) is 14.2 Å². The molecule has 21 heavy (non-hydrogen) atoms. The predicted octanol–water partition coefficient (Wildman–Crippen LogP) is 3.95. The number of methoxy groups -OCH3 is 2. The van der Waals surface area contributed by atoms with Crippen LogP contribution < -0.4 is 14.8 Å². The molecule has 0 atom stereocenters. The molecule has 0 amide bonds. The molecule has 0 fully saturated rings. The molecule has 0 aliphatic carbocycles. The Balaban J connectivity index is 2.16. The minimum atomic E-state index is 0.530. The van der Waals surface area contributed by atoms with Gasteiger partial charge in [0.1, 0.15) is 17.6 Å². The van der Waals surface area contributed by atoms with Crippen LogP contribution in [0.2, 0.25) is 0 Å². The fraction of sp³-hybridized carbons (Fsp3) is 0.188. The van der Waals surface area contributed by atoms with Gasteiger partial charge in [0.05, 0.1) is 29.9 Å². The normalized spacial score (nSPS) is 9.81. The van der Waals surface area contributed by atoms with Crippen molar-refractivity contribution in [3.63, 3.8) is 0 Å².